The van der Waals surface area contributed by atoms with Crippen molar-refractivity contribution in [2.45, 2.75) is 52.3 Å². The van der Waals surface area contributed by atoms with Crippen molar-refractivity contribution in [3.05, 3.63) is 35.9 Å². The third kappa shape index (κ3) is 4.30. The van der Waals surface area contributed by atoms with E-state index in [1.165, 1.54) is 0 Å². The lowest BCUT2D eigenvalue weighted by Crippen LogP contribution is -2.52. The summed E-state index contributed by atoms with van der Waals surface area (Å²) in [7, 11) is 0. The molecular weight excluding hydrogens is 278 g/mol. The number of hydrogen-bond donors (Lipinski definition) is 0. The highest BCUT2D eigenvalue weighted by Gasteiger charge is 2.43. The summed E-state index contributed by atoms with van der Waals surface area (Å²) in [5.41, 5.74) is 1.16. The molecule has 0 bridgehead atoms. The zero-order chi connectivity index (χ0) is 16.2. The second-order valence-corrected chi connectivity index (χ2v) is 6.49. The Balaban J connectivity index is 1.90. The molecule has 0 unspecified atom stereocenters. The standard InChI is InChI=1S/C18H25NO3/c1-13(11-20-12-15-8-6-5-7-9-15)17-14(2)16(10-19)21-18(3,4)22-17/h5-9,13-14,16-17H,11-12H2,1-4H3/t13-,14-,16+,17+/m0/s1. The maximum Gasteiger partial charge on any atom is 0.164 e. The van der Waals surface area contributed by atoms with Gasteiger partial charge >= 0.3 is 0 Å². The number of benzene rings is 1. The van der Waals surface area contributed by atoms with Crippen LogP contribution in [0.3, 0.4) is 0 Å². The highest BCUT2D eigenvalue weighted by Crippen LogP contribution is 2.34. The van der Waals surface area contributed by atoms with Crippen LogP contribution in [0.5, 0.6) is 0 Å². The second kappa shape index (κ2) is 7.23. The Kier molecular flexibility index (Phi) is 5.57. The fourth-order valence-electron chi connectivity index (χ4n) is 2.86. The van der Waals surface area contributed by atoms with Gasteiger partial charge in [0.15, 0.2) is 11.9 Å². The fourth-order valence-corrected chi connectivity index (χ4v) is 2.86. The quantitative estimate of drug-likeness (QED) is 0.835. The van der Waals surface area contributed by atoms with Crippen LogP contribution < -0.4 is 0 Å². The molecule has 120 valence electrons. The Morgan fingerprint density at radius 1 is 1.27 bits per heavy atom. The number of hydrogen-bond acceptors (Lipinski definition) is 4. The minimum Gasteiger partial charge on any atom is -0.376 e. The van der Waals surface area contributed by atoms with Gasteiger partial charge in [0.2, 0.25) is 0 Å². The molecule has 0 aromatic heterocycles. The third-order valence-electron chi connectivity index (χ3n) is 4.01. The average molecular weight is 303 g/mol. The number of nitrogens with zero attached hydrogens (tertiary/aromatic N) is 1. The first kappa shape index (κ1) is 17.0. The molecule has 0 spiro atoms. The lowest BCUT2D eigenvalue weighted by Gasteiger charge is -2.44. The summed E-state index contributed by atoms with van der Waals surface area (Å²) in [5, 5.41) is 9.26. The van der Waals surface area contributed by atoms with E-state index >= 15 is 0 Å². The van der Waals surface area contributed by atoms with E-state index in [2.05, 4.69) is 13.0 Å². The van der Waals surface area contributed by atoms with Crippen LogP contribution in [0.1, 0.15) is 33.3 Å². The van der Waals surface area contributed by atoms with Crippen molar-refractivity contribution in [1.82, 2.24) is 0 Å². The molecule has 0 amide bonds. The summed E-state index contributed by atoms with van der Waals surface area (Å²) >= 11 is 0. The normalized spacial score (nSPS) is 28.8. The van der Waals surface area contributed by atoms with Crippen molar-refractivity contribution in [2.24, 2.45) is 11.8 Å². The maximum absolute atomic E-state index is 9.26. The van der Waals surface area contributed by atoms with Crippen LogP contribution in [0.2, 0.25) is 0 Å². The Bertz CT molecular complexity index is 509. The van der Waals surface area contributed by atoms with Gasteiger partial charge in [-0.15, -0.1) is 0 Å². The van der Waals surface area contributed by atoms with Crippen molar-refractivity contribution < 1.29 is 14.2 Å². The van der Waals surface area contributed by atoms with Crippen molar-refractivity contribution in [3.8, 4) is 6.07 Å². The van der Waals surface area contributed by atoms with Crippen LogP contribution in [0.25, 0.3) is 0 Å². The van der Waals surface area contributed by atoms with Crippen molar-refractivity contribution in [3.63, 3.8) is 0 Å². The molecule has 4 nitrogen and oxygen atoms in total. The molecule has 4 atom stereocenters. The summed E-state index contributed by atoms with van der Waals surface area (Å²) in [6.07, 6.45) is -0.491. The van der Waals surface area contributed by atoms with Gasteiger partial charge in [-0.1, -0.05) is 44.2 Å². The van der Waals surface area contributed by atoms with E-state index < -0.39 is 11.9 Å². The highest BCUT2D eigenvalue weighted by molar-refractivity contribution is 5.13. The molecule has 0 radical (unpaired) electrons. The smallest absolute Gasteiger partial charge is 0.164 e. The largest absolute Gasteiger partial charge is 0.376 e. The van der Waals surface area contributed by atoms with Crippen LogP contribution in [-0.2, 0) is 20.8 Å². The molecule has 1 fully saturated rings. The molecule has 1 saturated heterocycles. The van der Waals surface area contributed by atoms with Gasteiger partial charge in [0, 0.05) is 11.8 Å². The number of rotatable bonds is 5. The maximum atomic E-state index is 9.26. The summed E-state index contributed by atoms with van der Waals surface area (Å²) in [5.74, 6) is -0.517. The van der Waals surface area contributed by atoms with Gasteiger partial charge in [0.1, 0.15) is 0 Å². The lowest BCUT2D eigenvalue weighted by atomic mass is 9.88. The number of nitriles is 1. The van der Waals surface area contributed by atoms with Crippen LogP contribution >= 0.6 is 0 Å². The summed E-state index contributed by atoms with van der Waals surface area (Å²) in [6, 6.07) is 12.3. The first-order chi connectivity index (χ1) is 10.4. The minimum absolute atomic E-state index is 0.0216. The van der Waals surface area contributed by atoms with Crippen LogP contribution in [0.15, 0.2) is 30.3 Å². The topological polar surface area (TPSA) is 51.5 Å². The molecular formula is C18H25NO3. The fraction of sp³-hybridized carbons (Fsp3) is 0.611. The summed E-state index contributed by atoms with van der Waals surface area (Å²) < 4.78 is 17.5. The van der Waals surface area contributed by atoms with Gasteiger partial charge in [-0.2, -0.15) is 5.26 Å². The molecule has 1 aliphatic rings. The average Bonchev–Trinajstić information content (AvgIpc) is 2.50. The molecule has 0 saturated carbocycles. The van der Waals surface area contributed by atoms with Crippen LogP contribution in [0.4, 0.5) is 0 Å². The molecule has 1 aromatic carbocycles. The molecule has 2 rings (SSSR count). The van der Waals surface area contributed by atoms with Crippen molar-refractivity contribution >= 4 is 0 Å². The lowest BCUT2D eigenvalue weighted by molar-refractivity contribution is -0.317. The zero-order valence-corrected chi connectivity index (χ0v) is 13.8. The Hall–Kier alpha value is -1.41. The third-order valence-corrected chi connectivity index (χ3v) is 4.01. The van der Waals surface area contributed by atoms with E-state index in [0.717, 1.165) is 5.56 Å². The predicted octanol–water partition coefficient (Wildman–Crippen LogP) is 3.52. The Morgan fingerprint density at radius 3 is 2.59 bits per heavy atom. The van der Waals surface area contributed by atoms with Gasteiger partial charge < -0.3 is 14.2 Å². The Labute approximate surface area is 133 Å². The monoisotopic (exact) mass is 303 g/mol. The minimum atomic E-state index is -0.731. The molecule has 0 aliphatic carbocycles. The van der Waals surface area contributed by atoms with Crippen LogP contribution in [-0.4, -0.2) is 24.6 Å². The van der Waals surface area contributed by atoms with Crippen molar-refractivity contribution in [2.75, 3.05) is 6.61 Å². The van der Waals surface area contributed by atoms with Gasteiger partial charge in [-0.3, -0.25) is 0 Å². The molecule has 1 aromatic rings. The molecule has 22 heavy (non-hydrogen) atoms. The van der Waals surface area contributed by atoms with Gasteiger partial charge in [0.25, 0.3) is 0 Å². The van der Waals surface area contributed by atoms with Crippen molar-refractivity contribution in [1.29, 1.82) is 5.26 Å². The second-order valence-electron chi connectivity index (χ2n) is 6.49. The summed E-state index contributed by atoms with van der Waals surface area (Å²) in [6.45, 7) is 9.00. The molecule has 1 aliphatic heterocycles. The SMILES string of the molecule is C[C@@H]1[C@@H]([C@@H](C)COCc2ccccc2)OC(C)(C)O[C@@H]1C#N. The molecule has 0 N–H and O–H groups in total. The van der Waals surface area contributed by atoms with E-state index in [-0.39, 0.29) is 17.9 Å². The predicted molar refractivity (Wildman–Crippen MR) is 83.9 cm³/mol. The first-order valence-electron chi connectivity index (χ1n) is 7.80. The van der Waals surface area contributed by atoms with Gasteiger partial charge in [-0.05, 0) is 19.4 Å². The molecule has 1 heterocycles. The first-order valence-corrected chi connectivity index (χ1v) is 7.80. The highest BCUT2D eigenvalue weighted by atomic mass is 16.7. The summed E-state index contributed by atoms with van der Waals surface area (Å²) in [4.78, 5) is 0. The number of ether oxygens (including phenoxy) is 3. The zero-order valence-electron chi connectivity index (χ0n) is 13.8. The van der Waals surface area contributed by atoms with E-state index in [9.17, 15) is 5.26 Å². The van der Waals surface area contributed by atoms with E-state index in [1.54, 1.807) is 0 Å². The molecule has 4 heteroatoms. The van der Waals surface area contributed by atoms with Crippen LogP contribution in [0, 0.1) is 23.2 Å². The van der Waals surface area contributed by atoms with E-state index in [1.807, 2.05) is 51.1 Å². The van der Waals surface area contributed by atoms with Gasteiger partial charge in [-0.25, -0.2) is 0 Å². The van der Waals surface area contributed by atoms with Gasteiger partial charge in [0.05, 0.1) is 25.4 Å². The van der Waals surface area contributed by atoms with E-state index in [4.69, 9.17) is 14.2 Å². The van der Waals surface area contributed by atoms with E-state index in [0.29, 0.717) is 13.2 Å². The Morgan fingerprint density at radius 2 is 1.95 bits per heavy atom.